The van der Waals surface area contributed by atoms with E-state index < -0.39 is 0 Å². The number of methoxy groups -OCH3 is 1. The summed E-state index contributed by atoms with van der Waals surface area (Å²) in [6.07, 6.45) is 1.79. The maximum atomic E-state index is 13.5. The Morgan fingerprint density at radius 2 is 1.67 bits per heavy atom. The highest BCUT2D eigenvalue weighted by Crippen LogP contribution is 2.27. The van der Waals surface area contributed by atoms with Gasteiger partial charge < -0.3 is 14.4 Å². The highest BCUT2D eigenvalue weighted by molar-refractivity contribution is 5.93. The molecule has 1 aromatic heterocycles. The molecule has 0 bridgehead atoms. The molecule has 4 aromatic rings. The fraction of sp³-hybridized carbons (Fsp3) is 0.207. The number of benzene rings is 3. The number of amides is 2. The number of pyridine rings is 1. The van der Waals surface area contributed by atoms with E-state index in [1.165, 1.54) is 7.11 Å². The second kappa shape index (κ2) is 10.6. The molecule has 0 atom stereocenters. The molecule has 1 saturated heterocycles. The van der Waals surface area contributed by atoms with Gasteiger partial charge in [0.2, 0.25) is 0 Å². The Labute approximate surface area is 209 Å². The molecule has 3 aromatic carbocycles. The van der Waals surface area contributed by atoms with Crippen LogP contribution in [0.1, 0.15) is 15.9 Å². The number of nitrogens with zero attached hydrogens (tertiary/aromatic N) is 3. The van der Waals surface area contributed by atoms with Crippen molar-refractivity contribution in [2.24, 2.45) is 0 Å². The van der Waals surface area contributed by atoms with Crippen molar-refractivity contribution >= 4 is 28.6 Å². The minimum Gasteiger partial charge on any atom is -0.465 e. The molecule has 0 radical (unpaired) electrons. The van der Waals surface area contributed by atoms with Gasteiger partial charge in [0.05, 0.1) is 37.9 Å². The van der Waals surface area contributed by atoms with Crippen molar-refractivity contribution in [1.29, 1.82) is 0 Å². The normalized spacial score (nSPS) is 13.4. The molecule has 36 heavy (non-hydrogen) atoms. The van der Waals surface area contributed by atoms with Crippen molar-refractivity contribution < 1.29 is 19.1 Å². The fourth-order valence-electron chi connectivity index (χ4n) is 4.32. The van der Waals surface area contributed by atoms with Crippen LogP contribution in [0.15, 0.2) is 85.1 Å². The number of anilines is 1. The number of esters is 1. The predicted molar refractivity (Wildman–Crippen MR) is 139 cm³/mol. The number of urea groups is 1. The zero-order valence-corrected chi connectivity index (χ0v) is 20.1. The third-order valence-corrected chi connectivity index (χ3v) is 6.35. The molecule has 2 heterocycles. The van der Waals surface area contributed by atoms with E-state index >= 15 is 0 Å². The lowest BCUT2D eigenvalue weighted by Crippen LogP contribution is -2.48. The molecule has 2 amide bonds. The summed E-state index contributed by atoms with van der Waals surface area (Å²) in [5.41, 5.74) is 5.24. The van der Waals surface area contributed by atoms with Crippen LogP contribution in [0, 0.1) is 0 Å². The van der Waals surface area contributed by atoms with Crippen LogP contribution in [-0.4, -0.2) is 55.3 Å². The maximum Gasteiger partial charge on any atom is 0.337 e. The van der Waals surface area contributed by atoms with Gasteiger partial charge in [0, 0.05) is 30.4 Å². The van der Waals surface area contributed by atoms with Gasteiger partial charge in [-0.05, 0) is 53.1 Å². The van der Waals surface area contributed by atoms with Crippen molar-refractivity contribution in [2.75, 3.05) is 38.3 Å². The van der Waals surface area contributed by atoms with Crippen molar-refractivity contribution in [3.8, 4) is 11.1 Å². The molecule has 5 rings (SSSR count). The molecule has 182 valence electrons. The van der Waals surface area contributed by atoms with Gasteiger partial charge in [-0.2, -0.15) is 0 Å². The Kier molecular flexibility index (Phi) is 6.91. The summed E-state index contributed by atoms with van der Waals surface area (Å²) in [5.74, 6) is -0.387. The molecule has 7 nitrogen and oxygen atoms in total. The molecule has 1 fully saturated rings. The SMILES string of the molecule is COC(=O)c1ccc(CN(C(=O)N2CCOCC2)c2ccc(-c3ccc4cccnc4c3)cc2)cc1. The first kappa shape index (κ1) is 23.5. The topological polar surface area (TPSA) is 72.0 Å². The number of aromatic nitrogens is 1. The highest BCUT2D eigenvalue weighted by Gasteiger charge is 2.24. The van der Waals surface area contributed by atoms with E-state index in [-0.39, 0.29) is 12.0 Å². The first-order valence-corrected chi connectivity index (χ1v) is 11.9. The molecule has 1 aliphatic heterocycles. The lowest BCUT2D eigenvalue weighted by atomic mass is 10.0. The molecule has 0 saturated carbocycles. The number of morpholine rings is 1. The minimum absolute atomic E-state index is 0.0713. The predicted octanol–water partition coefficient (Wildman–Crippen LogP) is 5.15. The number of carbonyl (C=O) groups is 2. The van der Waals surface area contributed by atoms with Crippen molar-refractivity contribution in [3.63, 3.8) is 0 Å². The molecular weight excluding hydrogens is 454 g/mol. The summed E-state index contributed by atoms with van der Waals surface area (Å²) in [6, 6.07) is 25.3. The Balaban J connectivity index is 1.42. The third kappa shape index (κ3) is 5.06. The average molecular weight is 482 g/mol. The second-order valence-corrected chi connectivity index (χ2v) is 8.61. The van der Waals surface area contributed by atoms with E-state index in [4.69, 9.17) is 9.47 Å². The molecule has 1 aliphatic rings. The Morgan fingerprint density at radius 3 is 2.39 bits per heavy atom. The number of fused-ring (bicyclic) bond motifs is 1. The standard InChI is InChI=1S/C29H27N3O4/c1-35-28(33)24-6-4-21(5-7-24)20-32(29(34)31-15-17-36-18-16-31)26-12-10-22(11-13-26)25-9-8-23-3-2-14-30-27(23)19-25/h2-14,19H,15-18,20H2,1H3. The molecule has 7 heteroatoms. The fourth-order valence-corrected chi connectivity index (χ4v) is 4.32. The van der Waals surface area contributed by atoms with Gasteiger partial charge in [0.25, 0.3) is 0 Å². The van der Waals surface area contributed by atoms with E-state index in [0.29, 0.717) is 38.4 Å². The van der Waals surface area contributed by atoms with Gasteiger partial charge in [-0.15, -0.1) is 0 Å². The van der Waals surface area contributed by atoms with Crippen LogP contribution < -0.4 is 4.90 Å². The Bertz CT molecular complexity index is 1360. The Morgan fingerprint density at radius 1 is 0.944 bits per heavy atom. The summed E-state index contributed by atoms with van der Waals surface area (Å²) in [4.78, 5) is 33.4. The number of rotatable bonds is 5. The highest BCUT2D eigenvalue weighted by atomic mass is 16.5. The first-order chi connectivity index (χ1) is 17.6. The zero-order chi connectivity index (χ0) is 24.9. The van der Waals surface area contributed by atoms with Gasteiger partial charge in [-0.25, -0.2) is 9.59 Å². The summed E-state index contributed by atoms with van der Waals surface area (Å²) >= 11 is 0. The molecule has 0 unspecified atom stereocenters. The van der Waals surface area contributed by atoms with Crippen LogP contribution in [0.4, 0.5) is 10.5 Å². The van der Waals surface area contributed by atoms with Crippen molar-refractivity contribution in [3.05, 3.63) is 96.2 Å². The van der Waals surface area contributed by atoms with Crippen LogP contribution in [0.2, 0.25) is 0 Å². The van der Waals surface area contributed by atoms with Gasteiger partial charge in [-0.3, -0.25) is 9.88 Å². The van der Waals surface area contributed by atoms with Gasteiger partial charge in [-0.1, -0.05) is 42.5 Å². The third-order valence-electron chi connectivity index (χ3n) is 6.35. The summed E-state index contributed by atoms with van der Waals surface area (Å²) in [5, 5.41) is 1.10. The second-order valence-electron chi connectivity index (χ2n) is 8.61. The van der Waals surface area contributed by atoms with Gasteiger partial charge >= 0.3 is 12.0 Å². The van der Waals surface area contributed by atoms with Crippen LogP contribution in [0.5, 0.6) is 0 Å². The van der Waals surface area contributed by atoms with Crippen LogP contribution >= 0.6 is 0 Å². The Hall–Kier alpha value is -4.23. The molecular formula is C29H27N3O4. The monoisotopic (exact) mass is 481 g/mol. The largest absolute Gasteiger partial charge is 0.465 e. The van der Waals surface area contributed by atoms with E-state index in [1.54, 1.807) is 23.2 Å². The van der Waals surface area contributed by atoms with E-state index in [0.717, 1.165) is 33.3 Å². The first-order valence-electron chi connectivity index (χ1n) is 11.9. The summed E-state index contributed by atoms with van der Waals surface area (Å²) < 4.78 is 10.2. The number of carbonyl (C=O) groups excluding carboxylic acids is 2. The number of hydrogen-bond donors (Lipinski definition) is 0. The molecule has 0 aliphatic carbocycles. The summed E-state index contributed by atoms with van der Waals surface area (Å²) in [6.45, 7) is 2.54. The van der Waals surface area contributed by atoms with E-state index in [9.17, 15) is 9.59 Å². The van der Waals surface area contributed by atoms with E-state index in [2.05, 4.69) is 23.2 Å². The number of ether oxygens (including phenoxy) is 2. The zero-order valence-electron chi connectivity index (χ0n) is 20.1. The maximum absolute atomic E-state index is 13.5. The molecule has 0 spiro atoms. The van der Waals surface area contributed by atoms with Gasteiger partial charge in [0.15, 0.2) is 0 Å². The smallest absolute Gasteiger partial charge is 0.337 e. The van der Waals surface area contributed by atoms with Crippen molar-refractivity contribution in [2.45, 2.75) is 6.54 Å². The summed E-state index contributed by atoms with van der Waals surface area (Å²) in [7, 11) is 1.36. The minimum atomic E-state index is -0.387. The van der Waals surface area contributed by atoms with Crippen molar-refractivity contribution in [1.82, 2.24) is 9.88 Å². The van der Waals surface area contributed by atoms with E-state index in [1.807, 2.05) is 53.4 Å². The average Bonchev–Trinajstić information content (AvgIpc) is 2.96. The lowest BCUT2D eigenvalue weighted by Gasteiger charge is -2.33. The number of hydrogen-bond acceptors (Lipinski definition) is 5. The quantitative estimate of drug-likeness (QED) is 0.369. The van der Waals surface area contributed by atoms with Crippen LogP contribution in [0.3, 0.4) is 0 Å². The van der Waals surface area contributed by atoms with Gasteiger partial charge in [0.1, 0.15) is 0 Å². The van der Waals surface area contributed by atoms with Crippen LogP contribution in [-0.2, 0) is 16.0 Å². The lowest BCUT2D eigenvalue weighted by molar-refractivity contribution is 0.0548. The molecule has 0 N–H and O–H groups in total. The van der Waals surface area contributed by atoms with Crippen LogP contribution in [0.25, 0.3) is 22.0 Å².